The summed E-state index contributed by atoms with van der Waals surface area (Å²) in [6.45, 7) is 3.42. The number of benzene rings is 2. The summed E-state index contributed by atoms with van der Waals surface area (Å²) in [6, 6.07) is 12.2. The molecular formula is C29H25ClN2O8S. The number of anilines is 1. The molecule has 3 amide bonds. The molecule has 0 spiro atoms. The van der Waals surface area contributed by atoms with Gasteiger partial charge >= 0.3 is 11.9 Å². The number of rotatable bonds is 10. The standard InChI is InChI=1S/C29H25ClN2O8S/c1-3-4-11-39-28(37)21-13-18(6-9-22(21)30)31-25(33)15-32-26(34)24(41-29(32)38)14-19-7-10-23(40-19)20-8-5-17(27(35)36)12-16(20)2/h5-10,12-14H,3-4,11,15H2,1-2H3,(H,31,33)(H,35,36)/b24-14-. The quantitative estimate of drug-likeness (QED) is 0.158. The average Bonchev–Trinajstić information content (AvgIpc) is 3.49. The van der Waals surface area contributed by atoms with Gasteiger partial charge in [-0.15, -0.1) is 0 Å². The van der Waals surface area contributed by atoms with Crippen molar-refractivity contribution in [2.75, 3.05) is 18.5 Å². The zero-order valence-electron chi connectivity index (χ0n) is 22.1. The molecule has 0 bridgehead atoms. The Bertz CT molecular complexity index is 1580. The van der Waals surface area contributed by atoms with Gasteiger partial charge in [0.2, 0.25) is 5.91 Å². The first-order valence-corrected chi connectivity index (χ1v) is 13.7. The second kappa shape index (κ2) is 12.9. The number of nitrogens with one attached hydrogen (secondary N) is 1. The fourth-order valence-corrected chi connectivity index (χ4v) is 4.92. The number of aromatic carboxylic acids is 1. The maximum Gasteiger partial charge on any atom is 0.339 e. The molecule has 0 radical (unpaired) electrons. The Balaban J connectivity index is 1.42. The predicted octanol–water partition coefficient (Wildman–Crippen LogP) is 6.24. The van der Waals surface area contributed by atoms with Crippen LogP contribution < -0.4 is 5.32 Å². The van der Waals surface area contributed by atoms with Crippen molar-refractivity contribution >= 4 is 64.1 Å². The molecule has 0 aliphatic carbocycles. The Labute approximate surface area is 244 Å². The Morgan fingerprint density at radius 1 is 1.12 bits per heavy atom. The van der Waals surface area contributed by atoms with E-state index >= 15 is 0 Å². The van der Waals surface area contributed by atoms with Gasteiger partial charge in [0.25, 0.3) is 11.1 Å². The number of carbonyl (C=O) groups excluding carboxylic acids is 4. The summed E-state index contributed by atoms with van der Waals surface area (Å²) < 4.78 is 11.0. The summed E-state index contributed by atoms with van der Waals surface area (Å²) >= 11 is 6.78. The van der Waals surface area contributed by atoms with E-state index in [4.69, 9.17) is 25.9 Å². The molecule has 41 heavy (non-hydrogen) atoms. The van der Waals surface area contributed by atoms with Crippen LogP contribution in [-0.2, 0) is 14.3 Å². The lowest BCUT2D eigenvalue weighted by Crippen LogP contribution is -2.36. The molecule has 1 fully saturated rings. The van der Waals surface area contributed by atoms with E-state index in [1.165, 1.54) is 36.4 Å². The fourth-order valence-electron chi connectivity index (χ4n) is 3.90. The van der Waals surface area contributed by atoms with Crippen LogP contribution in [0.1, 0.15) is 51.8 Å². The third-order valence-corrected chi connectivity index (χ3v) is 7.25. The Morgan fingerprint density at radius 2 is 1.90 bits per heavy atom. The molecule has 12 heteroatoms. The number of carboxylic acids is 1. The van der Waals surface area contributed by atoms with Crippen molar-refractivity contribution in [3.8, 4) is 11.3 Å². The average molecular weight is 597 g/mol. The van der Waals surface area contributed by atoms with E-state index in [0.29, 0.717) is 40.8 Å². The number of carboxylic acid groups (broad SMARTS) is 1. The summed E-state index contributed by atoms with van der Waals surface area (Å²) in [5, 5.41) is 11.3. The highest BCUT2D eigenvalue weighted by molar-refractivity contribution is 8.18. The zero-order chi connectivity index (χ0) is 29.7. The minimum absolute atomic E-state index is 0.0743. The third-order valence-electron chi connectivity index (χ3n) is 6.02. The summed E-state index contributed by atoms with van der Waals surface area (Å²) in [5.74, 6) is -2.21. The molecule has 1 saturated heterocycles. The van der Waals surface area contributed by atoms with Gasteiger partial charge in [0.1, 0.15) is 18.1 Å². The SMILES string of the molecule is CCCCOC(=O)c1cc(NC(=O)CN2C(=O)S/C(=C\c3ccc(-c4ccc(C(=O)O)cc4C)o3)C2=O)ccc1Cl. The van der Waals surface area contributed by atoms with E-state index in [9.17, 15) is 24.0 Å². The van der Waals surface area contributed by atoms with Crippen LogP contribution in [0, 0.1) is 6.92 Å². The van der Waals surface area contributed by atoms with Crippen molar-refractivity contribution in [1.29, 1.82) is 0 Å². The van der Waals surface area contributed by atoms with Gasteiger partial charge in [-0.05, 0) is 73.1 Å². The zero-order valence-corrected chi connectivity index (χ0v) is 23.6. The van der Waals surface area contributed by atoms with Crippen molar-refractivity contribution in [2.45, 2.75) is 26.7 Å². The topological polar surface area (TPSA) is 143 Å². The monoisotopic (exact) mass is 596 g/mol. The van der Waals surface area contributed by atoms with Crippen LogP contribution in [0.5, 0.6) is 0 Å². The number of esters is 1. The van der Waals surface area contributed by atoms with Gasteiger partial charge in [-0.2, -0.15) is 0 Å². The Morgan fingerprint density at radius 3 is 2.61 bits per heavy atom. The van der Waals surface area contributed by atoms with Crippen LogP contribution in [-0.4, -0.2) is 52.2 Å². The second-order valence-corrected chi connectivity index (χ2v) is 10.4. The highest BCUT2D eigenvalue weighted by Gasteiger charge is 2.36. The van der Waals surface area contributed by atoms with Crippen LogP contribution in [0.2, 0.25) is 5.02 Å². The lowest BCUT2D eigenvalue weighted by molar-refractivity contribution is -0.127. The number of imide groups is 1. The second-order valence-electron chi connectivity index (χ2n) is 9.04. The van der Waals surface area contributed by atoms with Crippen molar-refractivity contribution in [3.05, 3.63) is 80.9 Å². The van der Waals surface area contributed by atoms with Crippen molar-refractivity contribution < 1.29 is 38.2 Å². The molecule has 2 heterocycles. The van der Waals surface area contributed by atoms with Crippen molar-refractivity contribution in [1.82, 2.24) is 4.90 Å². The number of ether oxygens (including phenoxy) is 1. The van der Waals surface area contributed by atoms with Crippen LogP contribution in [0.25, 0.3) is 17.4 Å². The van der Waals surface area contributed by atoms with Crippen LogP contribution in [0.4, 0.5) is 10.5 Å². The first-order valence-electron chi connectivity index (χ1n) is 12.5. The van der Waals surface area contributed by atoms with Gasteiger partial charge in [0.15, 0.2) is 0 Å². The number of furan rings is 1. The number of hydrogen-bond acceptors (Lipinski definition) is 8. The normalized spacial score (nSPS) is 14.0. The number of amides is 3. The minimum atomic E-state index is -1.04. The van der Waals surface area contributed by atoms with Gasteiger partial charge in [0, 0.05) is 17.3 Å². The molecule has 1 aromatic heterocycles. The third kappa shape index (κ3) is 7.05. The number of hydrogen-bond donors (Lipinski definition) is 2. The lowest BCUT2D eigenvalue weighted by Gasteiger charge is -2.13. The summed E-state index contributed by atoms with van der Waals surface area (Å²) in [5.41, 5.74) is 1.86. The molecule has 212 valence electrons. The Kier molecular flexibility index (Phi) is 9.31. The lowest BCUT2D eigenvalue weighted by atomic mass is 10.0. The molecule has 2 aromatic carbocycles. The van der Waals surface area contributed by atoms with E-state index in [1.807, 2.05) is 6.92 Å². The highest BCUT2D eigenvalue weighted by Crippen LogP contribution is 2.34. The molecule has 0 saturated carbocycles. The molecule has 0 unspecified atom stereocenters. The van der Waals surface area contributed by atoms with Gasteiger partial charge in [-0.3, -0.25) is 19.3 Å². The molecule has 3 aromatic rings. The predicted molar refractivity (Wildman–Crippen MR) is 154 cm³/mol. The number of halogens is 1. The first-order chi connectivity index (χ1) is 19.6. The van der Waals surface area contributed by atoms with Crippen molar-refractivity contribution in [2.24, 2.45) is 0 Å². The number of unbranched alkanes of at least 4 members (excludes halogenated alkanes) is 1. The number of thioether (sulfide) groups is 1. The molecule has 0 atom stereocenters. The summed E-state index contributed by atoms with van der Waals surface area (Å²) in [4.78, 5) is 62.5. The summed E-state index contributed by atoms with van der Waals surface area (Å²) in [6.07, 6.45) is 2.96. The van der Waals surface area contributed by atoms with Gasteiger partial charge < -0.3 is 19.6 Å². The van der Waals surface area contributed by atoms with Crippen LogP contribution in [0.3, 0.4) is 0 Å². The maximum atomic E-state index is 12.9. The van der Waals surface area contributed by atoms with Gasteiger partial charge in [-0.1, -0.05) is 31.0 Å². The Hall–Kier alpha value is -4.35. The van der Waals surface area contributed by atoms with Crippen molar-refractivity contribution in [3.63, 3.8) is 0 Å². The smallest absolute Gasteiger partial charge is 0.339 e. The van der Waals surface area contributed by atoms with Crippen LogP contribution >= 0.6 is 23.4 Å². The summed E-state index contributed by atoms with van der Waals surface area (Å²) in [7, 11) is 0. The molecule has 1 aliphatic rings. The number of nitrogens with zero attached hydrogens (tertiary/aromatic N) is 1. The van der Waals surface area contributed by atoms with E-state index in [-0.39, 0.29) is 33.3 Å². The van der Waals surface area contributed by atoms with E-state index in [2.05, 4.69) is 5.32 Å². The number of carbonyl (C=O) groups is 5. The largest absolute Gasteiger partial charge is 0.478 e. The molecule has 10 nitrogen and oxygen atoms in total. The molecule has 4 rings (SSSR count). The molecular weight excluding hydrogens is 572 g/mol. The molecule has 2 N–H and O–H groups in total. The fraction of sp³-hybridized carbons (Fsp3) is 0.207. The maximum absolute atomic E-state index is 12.9. The van der Waals surface area contributed by atoms with E-state index in [0.717, 1.165) is 11.3 Å². The van der Waals surface area contributed by atoms with Crippen LogP contribution in [0.15, 0.2) is 57.9 Å². The van der Waals surface area contributed by atoms with Gasteiger partial charge in [-0.25, -0.2) is 9.59 Å². The number of aryl methyl sites for hydroxylation is 1. The minimum Gasteiger partial charge on any atom is -0.478 e. The highest BCUT2D eigenvalue weighted by atomic mass is 35.5. The van der Waals surface area contributed by atoms with Gasteiger partial charge in [0.05, 0.1) is 27.7 Å². The first kappa shape index (κ1) is 29.6. The van der Waals surface area contributed by atoms with E-state index < -0.39 is 35.5 Å². The van der Waals surface area contributed by atoms with E-state index in [1.54, 1.807) is 25.1 Å². The molecule has 1 aliphatic heterocycles.